The van der Waals surface area contributed by atoms with Crippen LogP contribution in [0.5, 0.6) is 11.5 Å². The highest BCUT2D eigenvalue weighted by atomic mass is 127. The Hall–Kier alpha value is -2.28. The van der Waals surface area contributed by atoms with Crippen LogP contribution in [0, 0.1) is 10.5 Å². The van der Waals surface area contributed by atoms with Crippen molar-refractivity contribution in [2.24, 2.45) is 0 Å². The second-order valence-electron chi connectivity index (χ2n) is 5.83. The van der Waals surface area contributed by atoms with E-state index in [9.17, 15) is 4.79 Å². The number of carbonyl (C=O) groups excluding carboxylic acids is 1. The number of benzene rings is 2. The predicted octanol–water partition coefficient (Wildman–Crippen LogP) is 4.99. The third kappa shape index (κ3) is 3.93. The molecule has 0 amide bonds. The molecule has 3 rings (SSSR count). The van der Waals surface area contributed by atoms with Crippen molar-refractivity contribution >= 4 is 40.4 Å². The molecule has 0 saturated carbocycles. The topological polar surface area (TPSA) is 44.8 Å². The molecule has 4 nitrogen and oxygen atoms in total. The Balaban J connectivity index is 1.96. The Morgan fingerprint density at radius 1 is 1.19 bits per heavy atom. The summed E-state index contributed by atoms with van der Waals surface area (Å²) in [4.78, 5) is 12.2. The van der Waals surface area contributed by atoms with Gasteiger partial charge in [0.05, 0.1) is 22.9 Å². The van der Waals surface area contributed by atoms with Crippen LogP contribution in [0.3, 0.4) is 0 Å². The van der Waals surface area contributed by atoms with Crippen molar-refractivity contribution < 1.29 is 19.0 Å². The number of carbonyl (C=O) groups is 1. The maximum Gasteiger partial charge on any atom is 0.343 e. The van der Waals surface area contributed by atoms with Crippen LogP contribution in [0.1, 0.15) is 23.6 Å². The summed E-state index contributed by atoms with van der Waals surface area (Å²) in [5.41, 5.74) is 3.40. The minimum atomic E-state index is -0.357. The third-order valence-electron chi connectivity index (χ3n) is 3.92. The zero-order valence-corrected chi connectivity index (χ0v) is 17.0. The summed E-state index contributed by atoms with van der Waals surface area (Å²) in [7, 11) is 1.61. The zero-order valence-electron chi connectivity index (χ0n) is 14.8. The van der Waals surface area contributed by atoms with Crippen molar-refractivity contribution in [1.29, 1.82) is 0 Å². The molecule has 0 spiro atoms. The molecule has 0 saturated heterocycles. The molecule has 0 fully saturated rings. The molecular weight excluding hydrogens is 443 g/mol. The second-order valence-corrected chi connectivity index (χ2v) is 6.99. The lowest BCUT2D eigenvalue weighted by atomic mass is 10.1. The van der Waals surface area contributed by atoms with Crippen molar-refractivity contribution in [2.45, 2.75) is 13.8 Å². The van der Waals surface area contributed by atoms with E-state index >= 15 is 0 Å². The molecule has 1 aliphatic heterocycles. The molecule has 0 aliphatic carbocycles. The summed E-state index contributed by atoms with van der Waals surface area (Å²) in [6, 6.07) is 11.7. The van der Waals surface area contributed by atoms with E-state index in [0.29, 0.717) is 29.4 Å². The molecule has 1 aliphatic rings. The van der Waals surface area contributed by atoms with Gasteiger partial charge in [0.2, 0.25) is 0 Å². The lowest BCUT2D eigenvalue weighted by Crippen LogP contribution is -1.99. The van der Waals surface area contributed by atoms with E-state index in [2.05, 4.69) is 22.6 Å². The van der Waals surface area contributed by atoms with Crippen molar-refractivity contribution in [3.63, 3.8) is 0 Å². The van der Waals surface area contributed by atoms with E-state index in [1.807, 2.05) is 50.2 Å². The van der Waals surface area contributed by atoms with Gasteiger partial charge in [0.15, 0.2) is 11.5 Å². The van der Waals surface area contributed by atoms with E-state index in [-0.39, 0.29) is 5.97 Å². The maximum atomic E-state index is 12.2. The van der Waals surface area contributed by atoms with E-state index in [4.69, 9.17) is 14.2 Å². The lowest BCUT2D eigenvalue weighted by Gasteiger charge is -2.12. The van der Waals surface area contributed by atoms with Crippen LogP contribution in [0.15, 0.2) is 48.0 Å². The van der Waals surface area contributed by atoms with E-state index in [0.717, 1.165) is 20.3 Å². The first kappa shape index (κ1) is 18.5. The quantitative estimate of drug-likeness (QED) is 0.357. The number of esters is 1. The molecular formula is C21H19IO4. The maximum absolute atomic E-state index is 12.2. The van der Waals surface area contributed by atoms with Gasteiger partial charge in [0.25, 0.3) is 0 Å². The highest BCUT2D eigenvalue weighted by Crippen LogP contribution is 2.35. The van der Waals surface area contributed by atoms with Crippen molar-refractivity contribution in [1.82, 2.24) is 0 Å². The standard InChI is InChI=1S/C21H19IO4/c1-4-25-19-11-14(10-17(22)20(19)24-3)9-16-12-18(26-21(16)23)15-7-5-13(2)6-8-15/h5-12H,4H2,1-3H3/b16-9+. The largest absolute Gasteiger partial charge is 0.492 e. The molecule has 26 heavy (non-hydrogen) atoms. The van der Waals surface area contributed by atoms with Gasteiger partial charge in [-0.15, -0.1) is 0 Å². The molecule has 0 radical (unpaired) electrons. The first-order valence-electron chi connectivity index (χ1n) is 8.24. The molecule has 0 unspecified atom stereocenters. The Bertz CT molecular complexity index is 895. The Labute approximate surface area is 166 Å². The summed E-state index contributed by atoms with van der Waals surface area (Å²) in [6.45, 7) is 4.47. The van der Waals surface area contributed by atoms with Crippen molar-refractivity contribution in [3.8, 4) is 11.5 Å². The number of aryl methyl sites for hydroxylation is 1. The highest BCUT2D eigenvalue weighted by Gasteiger charge is 2.22. The minimum Gasteiger partial charge on any atom is -0.492 e. The van der Waals surface area contributed by atoms with Gasteiger partial charge in [0.1, 0.15) is 5.76 Å². The van der Waals surface area contributed by atoms with E-state index in [1.54, 1.807) is 19.3 Å². The molecule has 0 aromatic heterocycles. The SMILES string of the molecule is CCOc1cc(/C=C2\C=C(c3ccc(C)cc3)OC2=O)cc(I)c1OC. The summed E-state index contributed by atoms with van der Waals surface area (Å²) in [5.74, 6) is 1.56. The number of hydrogen-bond donors (Lipinski definition) is 0. The molecule has 0 N–H and O–H groups in total. The van der Waals surface area contributed by atoms with Gasteiger partial charge in [-0.05, 0) is 66.3 Å². The first-order valence-corrected chi connectivity index (χ1v) is 9.32. The van der Waals surface area contributed by atoms with Gasteiger partial charge < -0.3 is 14.2 Å². The Morgan fingerprint density at radius 3 is 2.58 bits per heavy atom. The van der Waals surface area contributed by atoms with Crippen molar-refractivity contribution in [3.05, 3.63) is 68.3 Å². The van der Waals surface area contributed by atoms with Gasteiger partial charge >= 0.3 is 5.97 Å². The summed E-state index contributed by atoms with van der Waals surface area (Å²) in [5, 5.41) is 0. The molecule has 5 heteroatoms. The number of hydrogen-bond acceptors (Lipinski definition) is 4. The van der Waals surface area contributed by atoms with Crippen LogP contribution in [0.4, 0.5) is 0 Å². The molecule has 0 atom stereocenters. The van der Waals surface area contributed by atoms with Gasteiger partial charge in [-0.25, -0.2) is 4.79 Å². The Kier molecular flexibility index (Phi) is 5.66. The molecule has 1 heterocycles. The van der Waals surface area contributed by atoms with Gasteiger partial charge in [-0.3, -0.25) is 0 Å². The molecule has 2 aromatic rings. The average Bonchev–Trinajstić information content (AvgIpc) is 2.96. The summed E-state index contributed by atoms with van der Waals surface area (Å²) < 4.78 is 17.4. The average molecular weight is 462 g/mol. The van der Waals surface area contributed by atoms with Crippen LogP contribution >= 0.6 is 22.6 Å². The summed E-state index contributed by atoms with van der Waals surface area (Å²) in [6.07, 6.45) is 3.57. The van der Waals surface area contributed by atoms with Crippen LogP contribution in [0.25, 0.3) is 11.8 Å². The number of methoxy groups -OCH3 is 1. The van der Waals surface area contributed by atoms with Crippen LogP contribution in [-0.4, -0.2) is 19.7 Å². The predicted molar refractivity (Wildman–Crippen MR) is 110 cm³/mol. The fourth-order valence-corrected chi connectivity index (χ4v) is 3.51. The summed E-state index contributed by atoms with van der Waals surface area (Å²) >= 11 is 2.19. The van der Waals surface area contributed by atoms with Gasteiger partial charge in [0, 0.05) is 5.56 Å². The fraction of sp³-hybridized carbons (Fsp3) is 0.190. The van der Waals surface area contributed by atoms with Crippen molar-refractivity contribution in [2.75, 3.05) is 13.7 Å². The second kappa shape index (κ2) is 7.95. The number of halogens is 1. The van der Waals surface area contributed by atoms with E-state index < -0.39 is 0 Å². The zero-order chi connectivity index (χ0) is 18.7. The van der Waals surface area contributed by atoms with Gasteiger partial charge in [-0.2, -0.15) is 0 Å². The first-order chi connectivity index (χ1) is 12.5. The smallest absolute Gasteiger partial charge is 0.343 e. The van der Waals surface area contributed by atoms with Crippen LogP contribution in [0.2, 0.25) is 0 Å². The molecule has 134 valence electrons. The van der Waals surface area contributed by atoms with Crippen LogP contribution in [-0.2, 0) is 9.53 Å². The fourth-order valence-electron chi connectivity index (χ4n) is 2.66. The highest BCUT2D eigenvalue weighted by molar-refractivity contribution is 14.1. The minimum absolute atomic E-state index is 0.357. The normalized spacial score (nSPS) is 15.0. The molecule has 2 aromatic carbocycles. The monoisotopic (exact) mass is 462 g/mol. The number of cyclic esters (lactones) is 1. The number of rotatable bonds is 5. The molecule has 0 bridgehead atoms. The van der Waals surface area contributed by atoms with E-state index in [1.165, 1.54) is 0 Å². The van der Waals surface area contributed by atoms with Crippen LogP contribution < -0.4 is 9.47 Å². The van der Waals surface area contributed by atoms with Gasteiger partial charge in [-0.1, -0.05) is 29.8 Å². The number of ether oxygens (including phenoxy) is 3. The third-order valence-corrected chi connectivity index (χ3v) is 4.72. The lowest BCUT2D eigenvalue weighted by molar-refractivity contribution is -0.130. The Morgan fingerprint density at radius 2 is 1.92 bits per heavy atom.